The minimum absolute atomic E-state index is 0.210. The summed E-state index contributed by atoms with van der Waals surface area (Å²) in [6.45, 7) is 4.36. The Bertz CT molecular complexity index is 495. The molecule has 20 heavy (non-hydrogen) atoms. The van der Waals surface area contributed by atoms with Gasteiger partial charge in [0.1, 0.15) is 5.82 Å². The zero-order valence-electron chi connectivity index (χ0n) is 11.9. The maximum absolute atomic E-state index is 13.5. The Morgan fingerprint density at radius 1 is 1.25 bits per heavy atom. The van der Waals surface area contributed by atoms with Crippen LogP contribution in [0.2, 0.25) is 0 Å². The van der Waals surface area contributed by atoms with E-state index in [9.17, 15) is 14.3 Å². The Hall–Kier alpha value is -0.900. The molecule has 1 aliphatic carbocycles. The summed E-state index contributed by atoms with van der Waals surface area (Å²) in [5, 5.41) is 9.65. The van der Waals surface area contributed by atoms with Crippen LogP contribution in [0.1, 0.15) is 45.1 Å². The first-order chi connectivity index (χ1) is 9.22. The molecule has 1 aliphatic rings. The zero-order valence-corrected chi connectivity index (χ0v) is 13.5. The van der Waals surface area contributed by atoms with Crippen LogP contribution >= 0.6 is 15.9 Å². The number of benzene rings is 1. The van der Waals surface area contributed by atoms with E-state index in [2.05, 4.69) is 29.8 Å². The summed E-state index contributed by atoms with van der Waals surface area (Å²) < 4.78 is 14.1. The molecule has 0 unspecified atom stereocenters. The van der Waals surface area contributed by atoms with E-state index in [1.54, 1.807) is 0 Å². The molecule has 0 amide bonds. The van der Waals surface area contributed by atoms with E-state index >= 15 is 0 Å². The molecule has 0 spiro atoms. The van der Waals surface area contributed by atoms with Crippen molar-refractivity contribution in [3.8, 4) is 0 Å². The van der Waals surface area contributed by atoms with Crippen molar-refractivity contribution < 1.29 is 14.3 Å². The Kier molecular flexibility index (Phi) is 4.24. The van der Waals surface area contributed by atoms with E-state index in [4.69, 9.17) is 0 Å². The number of rotatable bonds is 3. The topological polar surface area (TPSA) is 37.3 Å². The molecule has 1 fully saturated rings. The third-order valence-electron chi connectivity index (χ3n) is 4.48. The van der Waals surface area contributed by atoms with Crippen LogP contribution in [0, 0.1) is 16.6 Å². The van der Waals surface area contributed by atoms with Crippen molar-refractivity contribution in [2.75, 3.05) is 0 Å². The summed E-state index contributed by atoms with van der Waals surface area (Å²) in [6.07, 6.45) is 3.51. The van der Waals surface area contributed by atoms with Gasteiger partial charge in [-0.3, -0.25) is 4.79 Å². The average molecular weight is 343 g/mol. The quantitative estimate of drug-likeness (QED) is 0.856. The molecule has 1 saturated carbocycles. The molecule has 0 saturated heterocycles. The molecule has 0 aromatic heterocycles. The zero-order chi connectivity index (χ0) is 15.0. The van der Waals surface area contributed by atoms with Crippen molar-refractivity contribution >= 4 is 21.9 Å². The van der Waals surface area contributed by atoms with Crippen molar-refractivity contribution in [3.05, 3.63) is 34.1 Å². The van der Waals surface area contributed by atoms with Crippen molar-refractivity contribution in [2.24, 2.45) is 10.8 Å². The Balaban J connectivity index is 2.24. The number of hydrogen-bond donors (Lipinski definition) is 1. The fourth-order valence-electron chi connectivity index (χ4n) is 2.98. The first kappa shape index (κ1) is 15.5. The average Bonchev–Trinajstić information content (AvgIpc) is 2.30. The van der Waals surface area contributed by atoms with Gasteiger partial charge in [0.25, 0.3) is 0 Å². The third kappa shape index (κ3) is 3.40. The van der Waals surface area contributed by atoms with Crippen LogP contribution < -0.4 is 0 Å². The Labute approximate surface area is 127 Å². The van der Waals surface area contributed by atoms with E-state index < -0.39 is 11.4 Å². The van der Waals surface area contributed by atoms with Crippen LogP contribution in [0.5, 0.6) is 0 Å². The molecule has 1 aromatic carbocycles. The largest absolute Gasteiger partial charge is 0.481 e. The predicted molar refractivity (Wildman–Crippen MR) is 80.1 cm³/mol. The number of halogens is 2. The van der Waals surface area contributed by atoms with Gasteiger partial charge >= 0.3 is 5.97 Å². The minimum Gasteiger partial charge on any atom is -0.481 e. The molecule has 0 heterocycles. The summed E-state index contributed by atoms with van der Waals surface area (Å²) >= 11 is 3.26. The van der Waals surface area contributed by atoms with E-state index in [1.807, 2.05) is 6.07 Å². The SMILES string of the molecule is CC1(C)CCC(Cc2cc(F)cc(Br)c2)(C(=O)O)CC1. The second-order valence-electron chi connectivity index (χ2n) is 6.70. The second-order valence-corrected chi connectivity index (χ2v) is 7.62. The Morgan fingerprint density at radius 3 is 2.35 bits per heavy atom. The smallest absolute Gasteiger partial charge is 0.309 e. The molecule has 0 radical (unpaired) electrons. The van der Waals surface area contributed by atoms with Gasteiger partial charge in [0.15, 0.2) is 0 Å². The molecule has 0 atom stereocenters. The van der Waals surface area contributed by atoms with Gasteiger partial charge in [-0.25, -0.2) is 4.39 Å². The molecule has 2 nitrogen and oxygen atoms in total. The summed E-state index contributed by atoms with van der Waals surface area (Å²) in [5.41, 5.74) is 0.212. The molecular formula is C16H20BrFO2. The molecule has 0 aliphatic heterocycles. The highest BCUT2D eigenvalue weighted by Gasteiger charge is 2.44. The lowest BCUT2D eigenvalue weighted by atomic mass is 9.63. The molecular weight excluding hydrogens is 323 g/mol. The first-order valence-electron chi connectivity index (χ1n) is 6.91. The number of carboxylic acid groups (broad SMARTS) is 1. The minimum atomic E-state index is -0.756. The van der Waals surface area contributed by atoms with Crippen LogP contribution in [0.4, 0.5) is 4.39 Å². The van der Waals surface area contributed by atoms with Gasteiger partial charge in [-0.05, 0) is 61.3 Å². The predicted octanol–water partition coefficient (Wildman–Crippen LogP) is 4.80. The highest BCUT2D eigenvalue weighted by Crippen LogP contribution is 2.47. The van der Waals surface area contributed by atoms with Gasteiger partial charge in [-0.2, -0.15) is 0 Å². The lowest BCUT2D eigenvalue weighted by Gasteiger charge is -2.41. The van der Waals surface area contributed by atoms with Crippen LogP contribution in [0.15, 0.2) is 22.7 Å². The third-order valence-corrected chi connectivity index (χ3v) is 4.94. The van der Waals surface area contributed by atoms with Crippen LogP contribution in [-0.4, -0.2) is 11.1 Å². The van der Waals surface area contributed by atoms with Crippen LogP contribution in [-0.2, 0) is 11.2 Å². The number of carboxylic acids is 1. The number of aliphatic carboxylic acids is 1. The fourth-order valence-corrected chi connectivity index (χ4v) is 3.49. The van der Waals surface area contributed by atoms with Gasteiger partial charge in [0.2, 0.25) is 0 Å². The molecule has 0 bridgehead atoms. The molecule has 1 N–H and O–H groups in total. The summed E-state index contributed by atoms with van der Waals surface area (Å²) in [7, 11) is 0. The maximum Gasteiger partial charge on any atom is 0.309 e. The lowest BCUT2D eigenvalue weighted by Crippen LogP contribution is -2.39. The van der Waals surface area contributed by atoms with E-state index in [0.29, 0.717) is 23.7 Å². The van der Waals surface area contributed by atoms with Crippen molar-refractivity contribution in [3.63, 3.8) is 0 Å². The second kappa shape index (κ2) is 5.47. The monoisotopic (exact) mass is 342 g/mol. The van der Waals surface area contributed by atoms with Crippen LogP contribution in [0.25, 0.3) is 0 Å². The van der Waals surface area contributed by atoms with E-state index in [-0.39, 0.29) is 11.2 Å². The van der Waals surface area contributed by atoms with Crippen molar-refractivity contribution in [1.29, 1.82) is 0 Å². The maximum atomic E-state index is 13.5. The molecule has 110 valence electrons. The van der Waals surface area contributed by atoms with Gasteiger partial charge < -0.3 is 5.11 Å². The van der Waals surface area contributed by atoms with Crippen LogP contribution in [0.3, 0.4) is 0 Å². The standard InChI is InChI=1S/C16H20BrFO2/c1-15(2)3-5-16(6-4-15,14(19)20)10-11-7-12(17)9-13(18)8-11/h7-9H,3-6,10H2,1-2H3,(H,19,20). The molecule has 2 rings (SSSR count). The normalized spacial score (nSPS) is 20.6. The summed E-state index contributed by atoms with van der Waals surface area (Å²) in [4.78, 5) is 11.8. The highest BCUT2D eigenvalue weighted by molar-refractivity contribution is 9.10. The van der Waals surface area contributed by atoms with Gasteiger partial charge in [0, 0.05) is 4.47 Å². The Morgan fingerprint density at radius 2 is 1.85 bits per heavy atom. The molecule has 1 aromatic rings. The van der Waals surface area contributed by atoms with Crippen molar-refractivity contribution in [1.82, 2.24) is 0 Å². The summed E-state index contributed by atoms with van der Waals surface area (Å²) in [6, 6.07) is 4.64. The van der Waals surface area contributed by atoms with Crippen molar-refractivity contribution in [2.45, 2.75) is 46.0 Å². The van der Waals surface area contributed by atoms with E-state index in [0.717, 1.165) is 18.4 Å². The lowest BCUT2D eigenvalue weighted by molar-refractivity contribution is -0.152. The first-order valence-corrected chi connectivity index (χ1v) is 7.70. The van der Waals surface area contributed by atoms with E-state index in [1.165, 1.54) is 12.1 Å². The fraction of sp³-hybridized carbons (Fsp3) is 0.562. The van der Waals surface area contributed by atoms with Gasteiger partial charge in [-0.15, -0.1) is 0 Å². The molecule has 4 heteroatoms. The number of hydrogen-bond acceptors (Lipinski definition) is 1. The highest BCUT2D eigenvalue weighted by atomic mass is 79.9. The van der Waals surface area contributed by atoms with Gasteiger partial charge in [0.05, 0.1) is 5.41 Å². The van der Waals surface area contributed by atoms with Gasteiger partial charge in [-0.1, -0.05) is 29.8 Å². The number of carbonyl (C=O) groups is 1. The summed E-state index contributed by atoms with van der Waals surface area (Å²) in [5.74, 6) is -1.08.